The van der Waals surface area contributed by atoms with Crippen LogP contribution in [0.3, 0.4) is 0 Å². The summed E-state index contributed by atoms with van der Waals surface area (Å²) in [6.07, 6.45) is -0.0691. The standard InChI is InChI=1S/C50H34O/c1-3-14-35(15-4-1)49-45-32-39(29-30-46(45)51-50(49)37-16-5-2-6-17-37)34-23-26-36(27-24-34)47-41-19-9-11-21-43(41)48(44-22-12-10-20-42(44)47)40-28-25-33-13-7-8-18-38(33)31-40/h1-32,49-50H. The Morgan fingerprint density at radius 3 is 1.47 bits per heavy atom. The molecule has 1 aliphatic rings. The van der Waals surface area contributed by atoms with E-state index in [1.807, 2.05) is 0 Å². The first-order valence-corrected chi connectivity index (χ1v) is 17.7. The van der Waals surface area contributed by atoms with Gasteiger partial charge in [-0.2, -0.15) is 0 Å². The second kappa shape index (κ2) is 12.2. The fraction of sp³-hybridized carbons (Fsp3) is 0.0400. The Balaban J connectivity index is 1.08. The van der Waals surface area contributed by atoms with Crippen molar-refractivity contribution in [2.24, 2.45) is 0 Å². The Labute approximate surface area is 298 Å². The molecule has 0 aliphatic carbocycles. The van der Waals surface area contributed by atoms with Crippen molar-refractivity contribution in [2.45, 2.75) is 12.0 Å². The minimum Gasteiger partial charge on any atom is -0.484 e. The highest BCUT2D eigenvalue weighted by Gasteiger charge is 2.36. The lowest BCUT2D eigenvalue weighted by molar-refractivity contribution is 0.222. The smallest absolute Gasteiger partial charge is 0.135 e. The summed E-state index contributed by atoms with van der Waals surface area (Å²) in [5.41, 5.74) is 11.1. The molecule has 0 amide bonds. The molecule has 10 rings (SSSR count). The Bertz CT molecular complexity index is 2650. The van der Waals surface area contributed by atoms with E-state index in [1.165, 1.54) is 82.4 Å². The third-order valence-corrected chi connectivity index (χ3v) is 10.7. The van der Waals surface area contributed by atoms with Crippen LogP contribution >= 0.6 is 0 Å². The third-order valence-electron chi connectivity index (χ3n) is 10.7. The number of benzene rings is 9. The molecule has 0 aromatic heterocycles. The second-order valence-electron chi connectivity index (χ2n) is 13.6. The summed E-state index contributed by atoms with van der Waals surface area (Å²) in [4.78, 5) is 0. The van der Waals surface area contributed by atoms with Crippen LogP contribution in [0.2, 0.25) is 0 Å². The molecule has 9 aromatic rings. The normalized spacial score (nSPS) is 15.2. The summed E-state index contributed by atoms with van der Waals surface area (Å²) in [6.45, 7) is 0. The predicted molar refractivity (Wildman–Crippen MR) is 213 cm³/mol. The molecule has 1 aliphatic heterocycles. The summed E-state index contributed by atoms with van der Waals surface area (Å²) in [5.74, 6) is 1.07. The lowest BCUT2D eigenvalue weighted by atomic mass is 9.84. The number of fused-ring (bicyclic) bond motifs is 4. The van der Waals surface area contributed by atoms with Crippen LogP contribution in [0, 0.1) is 0 Å². The molecule has 2 unspecified atom stereocenters. The SMILES string of the molecule is c1ccc(C2Oc3ccc(-c4ccc(-c5c6ccccc6c(-c6ccc7ccccc7c6)c6ccccc56)cc4)cc3C2c2ccccc2)cc1. The van der Waals surface area contributed by atoms with E-state index < -0.39 is 0 Å². The van der Waals surface area contributed by atoms with Gasteiger partial charge in [0.2, 0.25) is 0 Å². The van der Waals surface area contributed by atoms with Gasteiger partial charge >= 0.3 is 0 Å². The molecule has 0 N–H and O–H groups in total. The molecular formula is C50H34O. The Morgan fingerprint density at radius 1 is 0.333 bits per heavy atom. The lowest BCUT2D eigenvalue weighted by Gasteiger charge is -2.20. The quantitative estimate of drug-likeness (QED) is 0.168. The average molecular weight is 651 g/mol. The van der Waals surface area contributed by atoms with Gasteiger partial charge in [0.15, 0.2) is 0 Å². The maximum absolute atomic E-state index is 6.67. The van der Waals surface area contributed by atoms with Crippen molar-refractivity contribution >= 4 is 32.3 Å². The molecule has 0 spiro atoms. The summed E-state index contributed by atoms with van der Waals surface area (Å²) in [7, 11) is 0. The Hall–Kier alpha value is -6.44. The van der Waals surface area contributed by atoms with Crippen molar-refractivity contribution < 1.29 is 4.74 Å². The molecule has 0 saturated carbocycles. The fourth-order valence-electron chi connectivity index (χ4n) is 8.29. The third kappa shape index (κ3) is 5.01. The molecule has 0 fully saturated rings. The van der Waals surface area contributed by atoms with Gasteiger partial charge in [-0.25, -0.2) is 0 Å². The second-order valence-corrected chi connectivity index (χ2v) is 13.6. The lowest BCUT2D eigenvalue weighted by Crippen LogP contribution is -2.11. The van der Waals surface area contributed by atoms with E-state index in [0.29, 0.717) is 0 Å². The van der Waals surface area contributed by atoms with Gasteiger partial charge in [0.25, 0.3) is 0 Å². The van der Waals surface area contributed by atoms with E-state index in [4.69, 9.17) is 4.74 Å². The van der Waals surface area contributed by atoms with E-state index in [2.05, 4.69) is 194 Å². The van der Waals surface area contributed by atoms with Crippen molar-refractivity contribution in [3.8, 4) is 39.1 Å². The zero-order valence-electron chi connectivity index (χ0n) is 28.0. The molecule has 1 nitrogen and oxygen atoms in total. The van der Waals surface area contributed by atoms with Crippen molar-refractivity contribution in [2.75, 3.05) is 0 Å². The van der Waals surface area contributed by atoms with Gasteiger partial charge in [-0.05, 0) is 95.0 Å². The molecule has 1 heterocycles. The van der Waals surface area contributed by atoms with Crippen molar-refractivity contribution in [3.05, 3.63) is 211 Å². The van der Waals surface area contributed by atoms with Crippen LogP contribution < -0.4 is 4.74 Å². The maximum atomic E-state index is 6.67. The summed E-state index contributed by atoms with van der Waals surface area (Å²) in [5, 5.41) is 7.58. The Morgan fingerprint density at radius 2 is 0.824 bits per heavy atom. The van der Waals surface area contributed by atoms with Gasteiger partial charge in [0.1, 0.15) is 11.9 Å². The highest BCUT2D eigenvalue weighted by molar-refractivity contribution is 6.21. The largest absolute Gasteiger partial charge is 0.484 e. The van der Waals surface area contributed by atoms with Gasteiger partial charge < -0.3 is 4.74 Å². The van der Waals surface area contributed by atoms with Crippen molar-refractivity contribution in [1.82, 2.24) is 0 Å². The first kappa shape index (κ1) is 29.5. The van der Waals surface area contributed by atoms with Crippen molar-refractivity contribution in [1.29, 1.82) is 0 Å². The van der Waals surface area contributed by atoms with Crippen LogP contribution in [0.25, 0.3) is 65.7 Å². The topological polar surface area (TPSA) is 9.23 Å². The van der Waals surface area contributed by atoms with Gasteiger partial charge in [-0.1, -0.05) is 176 Å². The highest BCUT2D eigenvalue weighted by Crippen LogP contribution is 2.51. The minimum absolute atomic E-state index is 0.0691. The average Bonchev–Trinajstić information content (AvgIpc) is 3.59. The van der Waals surface area contributed by atoms with Gasteiger partial charge in [-0.15, -0.1) is 0 Å². The van der Waals surface area contributed by atoms with Crippen LogP contribution in [0.15, 0.2) is 194 Å². The van der Waals surface area contributed by atoms with E-state index >= 15 is 0 Å². The number of rotatable bonds is 5. The highest BCUT2D eigenvalue weighted by atomic mass is 16.5. The van der Waals surface area contributed by atoms with Crippen LogP contribution in [0.4, 0.5) is 0 Å². The number of hydrogen-bond acceptors (Lipinski definition) is 1. The number of hydrogen-bond donors (Lipinski definition) is 0. The molecule has 1 heteroatoms. The fourth-order valence-corrected chi connectivity index (χ4v) is 8.29. The maximum Gasteiger partial charge on any atom is 0.135 e. The zero-order chi connectivity index (χ0) is 33.7. The van der Waals surface area contributed by atoms with E-state index in [9.17, 15) is 0 Å². The van der Waals surface area contributed by atoms with E-state index in [1.54, 1.807) is 0 Å². The van der Waals surface area contributed by atoms with Gasteiger partial charge in [0.05, 0.1) is 5.92 Å². The van der Waals surface area contributed by atoms with Gasteiger partial charge in [0, 0.05) is 5.56 Å². The molecule has 51 heavy (non-hydrogen) atoms. The van der Waals surface area contributed by atoms with Gasteiger partial charge in [-0.3, -0.25) is 0 Å². The monoisotopic (exact) mass is 650 g/mol. The molecule has 2 atom stereocenters. The number of ether oxygens (including phenoxy) is 1. The molecule has 0 bridgehead atoms. The van der Waals surface area contributed by atoms with E-state index in [-0.39, 0.29) is 12.0 Å². The summed E-state index contributed by atoms with van der Waals surface area (Å²) >= 11 is 0. The first-order chi connectivity index (χ1) is 25.3. The Kier molecular flexibility index (Phi) is 7.03. The van der Waals surface area contributed by atoms with E-state index in [0.717, 1.165) is 5.75 Å². The first-order valence-electron chi connectivity index (χ1n) is 17.7. The molecular weight excluding hydrogens is 617 g/mol. The zero-order valence-corrected chi connectivity index (χ0v) is 28.0. The molecule has 0 radical (unpaired) electrons. The molecule has 0 saturated heterocycles. The molecule has 240 valence electrons. The predicted octanol–water partition coefficient (Wildman–Crippen LogP) is 13.4. The van der Waals surface area contributed by atoms with Crippen LogP contribution in [-0.4, -0.2) is 0 Å². The summed E-state index contributed by atoms with van der Waals surface area (Å²) in [6, 6.07) is 70.5. The van der Waals surface area contributed by atoms with Crippen LogP contribution in [-0.2, 0) is 0 Å². The minimum atomic E-state index is -0.0691. The summed E-state index contributed by atoms with van der Waals surface area (Å²) < 4.78 is 6.67. The van der Waals surface area contributed by atoms with Crippen molar-refractivity contribution in [3.63, 3.8) is 0 Å². The molecule has 9 aromatic carbocycles. The van der Waals surface area contributed by atoms with Crippen LogP contribution in [0.5, 0.6) is 5.75 Å². The van der Waals surface area contributed by atoms with Crippen LogP contribution in [0.1, 0.15) is 28.7 Å².